The Kier molecular flexibility index (Phi) is 17.6. The lowest BCUT2D eigenvalue weighted by Gasteiger charge is -2.20. The smallest absolute Gasteiger partial charge is 0.0558 e. The highest BCUT2D eigenvalue weighted by atomic mass is 16.3. The van der Waals surface area contributed by atoms with Crippen LogP contribution in [-0.4, -0.2) is 85.1 Å². The van der Waals surface area contributed by atoms with Crippen LogP contribution in [0.4, 0.5) is 0 Å². The number of nitrogens with zero attached hydrogens (tertiary/aromatic N) is 2. The number of hydrogen-bond acceptors (Lipinski definition) is 5. The first-order valence-corrected chi connectivity index (χ1v) is 10.6. The quantitative estimate of drug-likeness (QED) is 0.255. The van der Waals surface area contributed by atoms with Gasteiger partial charge in [-0.1, -0.05) is 25.5 Å². The number of aliphatic hydroxyl groups is 2. The Morgan fingerprint density at radius 2 is 1.58 bits per heavy atom. The zero-order chi connectivity index (χ0) is 19.6. The molecule has 0 aromatic carbocycles. The van der Waals surface area contributed by atoms with E-state index in [4.69, 9.17) is 10.2 Å². The van der Waals surface area contributed by atoms with Crippen molar-refractivity contribution in [3.63, 3.8) is 0 Å². The monoisotopic (exact) mass is 371 g/mol. The van der Waals surface area contributed by atoms with Gasteiger partial charge < -0.3 is 20.4 Å². The predicted octanol–water partition coefficient (Wildman–Crippen LogP) is 2.49. The van der Waals surface area contributed by atoms with Crippen LogP contribution in [0.2, 0.25) is 0 Å². The second-order valence-corrected chi connectivity index (χ2v) is 7.26. The molecule has 0 aliphatic rings. The van der Waals surface area contributed by atoms with E-state index in [1.807, 2.05) is 0 Å². The summed E-state index contributed by atoms with van der Waals surface area (Å²) in [4.78, 5) is 4.60. The summed E-state index contributed by atoms with van der Waals surface area (Å²) in [6, 6.07) is 0.570. The third-order valence-corrected chi connectivity index (χ3v) is 5.01. The van der Waals surface area contributed by atoms with Crippen molar-refractivity contribution in [1.29, 1.82) is 0 Å². The molecule has 0 amide bonds. The highest BCUT2D eigenvalue weighted by Crippen LogP contribution is 2.08. The van der Waals surface area contributed by atoms with Crippen molar-refractivity contribution in [2.45, 2.75) is 65.8 Å². The minimum absolute atomic E-state index is 0.161. The van der Waals surface area contributed by atoms with Gasteiger partial charge in [-0.05, 0) is 78.7 Å². The van der Waals surface area contributed by atoms with Gasteiger partial charge in [-0.3, -0.25) is 4.90 Å². The molecule has 1 unspecified atom stereocenters. The van der Waals surface area contributed by atoms with Gasteiger partial charge >= 0.3 is 0 Å². The molecule has 0 aromatic rings. The summed E-state index contributed by atoms with van der Waals surface area (Å²) in [7, 11) is 0. The Morgan fingerprint density at radius 1 is 0.962 bits per heavy atom. The lowest BCUT2D eigenvalue weighted by Crippen LogP contribution is -2.31. The van der Waals surface area contributed by atoms with Gasteiger partial charge in [0.1, 0.15) is 0 Å². The average Bonchev–Trinajstić information content (AvgIpc) is 2.62. The van der Waals surface area contributed by atoms with Gasteiger partial charge in [0.2, 0.25) is 0 Å². The fourth-order valence-electron chi connectivity index (χ4n) is 3.17. The Balaban J connectivity index is 3.77. The molecule has 1 atom stereocenters. The van der Waals surface area contributed by atoms with E-state index in [2.05, 4.69) is 48.9 Å². The second-order valence-electron chi connectivity index (χ2n) is 7.26. The van der Waals surface area contributed by atoms with Crippen molar-refractivity contribution < 1.29 is 10.2 Å². The molecule has 5 nitrogen and oxygen atoms in total. The van der Waals surface area contributed by atoms with Crippen LogP contribution >= 0.6 is 0 Å². The molecule has 0 radical (unpaired) electrons. The van der Waals surface area contributed by atoms with E-state index in [9.17, 15) is 0 Å². The maximum Gasteiger partial charge on any atom is 0.0558 e. The minimum atomic E-state index is 0.161. The molecule has 0 aliphatic carbocycles. The number of nitrogens with one attached hydrogen (secondary N) is 1. The largest absolute Gasteiger partial charge is 0.395 e. The summed E-state index contributed by atoms with van der Waals surface area (Å²) >= 11 is 0. The van der Waals surface area contributed by atoms with Crippen LogP contribution in [0, 0.1) is 0 Å². The van der Waals surface area contributed by atoms with Gasteiger partial charge in [0.05, 0.1) is 13.2 Å². The Morgan fingerprint density at radius 3 is 2.15 bits per heavy atom. The van der Waals surface area contributed by atoms with E-state index < -0.39 is 0 Å². The zero-order valence-electron chi connectivity index (χ0n) is 17.8. The summed E-state index contributed by atoms with van der Waals surface area (Å²) in [6.07, 6.45) is 8.09. The first kappa shape index (κ1) is 25.5. The summed E-state index contributed by atoms with van der Waals surface area (Å²) in [5, 5.41) is 21.7. The standard InChI is InChI=1S/C21H45N3O2/c1-5-23(6-2)15-9-13-22-21(4)12-7-10-20(3)11-8-14-24(16-18-25)17-19-26/h10,21-22,25-26H,5-9,11-19H2,1-4H3/b20-10-. The van der Waals surface area contributed by atoms with E-state index >= 15 is 0 Å². The number of aliphatic hydroxyl groups excluding tert-OH is 2. The topological polar surface area (TPSA) is 59.0 Å². The Hall–Kier alpha value is -0.460. The van der Waals surface area contributed by atoms with Gasteiger partial charge in [-0.15, -0.1) is 0 Å². The van der Waals surface area contributed by atoms with E-state index in [1.54, 1.807) is 0 Å². The van der Waals surface area contributed by atoms with E-state index in [-0.39, 0.29) is 13.2 Å². The SMILES string of the molecule is CCN(CC)CCCNC(C)CC/C=C(/C)CCCN(CCO)CCO. The molecule has 26 heavy (non-hydrogen) atoms. The van der Waals surface area contributed by atoms with Crippen molar-refractivity contribution >= 4 is 0 Å². The van der Waals surface area contributed by atoms with Crippen molar-refractivity contribution in [3.8, 4) is 0 Å². The fraction of sp³-hybridized carbons (Fsp3) is 0.905. The number of rotatable bonds is 18. The summed E-state index contributed by atoms with van der Waals surface area (Å²) in [6.45, 7) is 16.1. The summed E-state index contributed by atoms with van der Waals surface area (Å²) < 4.78 is 0. The van der Waals surface area contributed by atoms with E-state index in [0.717, 1.165) is 45.4 Å². The van der Waals surface area contributed by atoms with Gasteiger partial charge in [0, 0.05) is 19.1 Å². The molecule has 0 aliphatic heterocycles. The highest BCUT2D eigenvalue weighted by Gasteiger charge is 2.04. The van der Waals surface area contributed by atoms with Crippen LogP contribution in [0.1, 0.15) is 59.8 Å². The minimum Gasteiger partial charge on any atom is -0.395 e. The van der Waals surface area contributed by atoms with Gasteiger partial charge in [0.15, 0.2) is 0 Å². The number of hydrogen-bond donors (Lipinski definition) is 3. The van der Waals surface area contributed by atoms with Crippen LogP contribution in [0.5, 0.6) is 0 Å². The van der Waals surface area contributed by atoms with Crippen molar-refractivity contribution in [1.82, 2.24) is 15.1 Å². The third-order valence-electron chi connectivity index (χ3n) is 5.01. The molecule has 0 saturated heterocycles. The van der Waals surface area contributed by atoms with Crippen LogP contribution in [0.3, 0.4) is 0 Å². The lowest BCUT2D eigenvalue weighted by atomic mass is 10.1. The molecule has 0 aromatic heterocycles. The molecule has 0 fully saturated rings. The normalized spacial score (nSPS) is 13.8. The molecule has 3 N–H and O–H groups in total. The lowest BCUT2D eigenvalue weighted by molar-refractivity contribution is 0.160. The molecule has 0 heterocycles. The molecular weight excluding hydrogens is 326 g/mol. The van der Waals surface area contributed by atoms with Crippen LogP contribution in [-0.2, 0) is 0 Å². The molecule has 156 valence electrons. The molecule has 0 rings (SSSR count). The van der Waals surface area contributed by atoms with E-state index in [1.165, 1.54) is 25.0 Å². The van der Waals surface area contributed by atoms with Gasteiger partial charge in [-0.2, -0.15) is 0 Å². The highest BCUT2D eigenvalue weighted by molar-refractivity contribution is 4.98. The first-order valence-electron chi connectivity index (χ1n) is 10.6. The average molecular weight is 372 g/mol. The molecule has 0 bridgehead atoms. The van der Waals surface area contributed by atoms with E-state index in [0.29, 0.717) is 19.1 Å². The molecule has 0 saturated carbocycles. The molecule has 0 spiro atoms. The fourth-order valence-corrected chi connectivity index (χ4v) is 3.17. The Labute approximate surface area is 162 Å². The number of allylic oxidation sites excluding steroid dienone is 2. The second kappa shape index (κ2) is 17.9. The summed E-state index contributed by atoms with van der Waals surface area (Å²) in [5.74, 6) is 0. The zero-order valence-corrected chi connectivity index (χ0v) is 17.8. The molecular formula is C21H45N3O2. The van der Waals surface area contributed by atoms with Gasteiger partial charge in [-0.25, -0.2) is 0 Å². The van der Waals surface area contributed by atoms with Crippen molar-refractivity contribution in [3.05, 3.63) is 11.6 Å². The maximum atomic E-state index is 9.03. The summed E-state index contributed by atoms with van der Waals surface area (Å²) in [5.41, 5.74) is 1.45. The van der Waals surface area contributed by atoms with Crippen molar-refractivity contribution in [2.24, 2.45) is 0 Å². The molecule has 5 heteroatoms. The Bertz CT molecular complexity index is 327. The van der Waals surface area contributed by atoms with Crippen LogP contribution in [0.25, 0.3) is 0 Å². The maximum absolute atomic E-state index is 9.03. The first-order chi connectivity index (χ1) is 12.6. The third kappa shape index (κ3) is 14.7. The predicted molar refractivity (Wildman–Crippen MR) is 113 cm³/mol. The van der Waals surface area contributed by atoms with Crippen LogP contribution < -0.4 is 5.32 Å². The van der Waals surface area contributed by atoms with Gasteiger partial charge in [0.25, 0.3) is 0 Å². The van der Waals surface area contributed by atoms with Crippen LogP contribution in [0.15, 0.2) is 11.6 Å². The van der Waals surface area contributed by atoms with Crippen molar-refractivity contribution in [2.75, 3.05) is 59.0 Å².